The van der Waals surface area contributed by atoms with Crippen molar-refractivity contribution in [1.29, 1.82) is 0 Å². The molecule has 0 saturated carbocycles. The number of benzene rings is 2. The second-order valence-corrected chi connectivity index (χ2v) is 7.51. The molecule has 0 spiro atoms. The summed E-state index contributed by atoms with van der Waals surface area (Å²) in [7, 11) is 0. The molecular weight excluding hydrogens is 421 g/mol. The third-order valence-corrected chi connectivity index (χ3v) is 4.99. The van der Waals surface area contributed by atoms with Crippen molar-refractivity contribution in [2.24, 2.45) is 0 Å². The van der Waals surface area contributed by atoms with Crippen LogP contribution in [0.1, 0.15) is 36.6 Å². The number of fused-ring (bicyclic) bond motifs is 1. The normalized spacial score (nSPS) is 11.5. The Balaban J connectivity index is 1.83. The van der Waals surface area contributed by atoms with Gasteiger partial charge in [-0.25, -0.2) is 4.98 Å². The molecule has 1 aromatic heterocycles. The van der Waals surface area contributed by atoms with E-state index in [-0.39, 0.29) is 31.0 Å². The Kier molecular flexibility index (Phi) is 7.17. The molecule has 0 aliphatic heterocycles. The number of halogens is 3. The zero-order chi connectivity index (χ0) is 23.3. The third-order valence-electron chi connectivity index (χ3n) is 4.99. The number of anilines is 1. The smallest absolute Gasteiger partial charge is 0.381 e. The lowest BCUT2D eigenvalue weighted by Crippen LogP contribution is -2.29. The number of aryl methyl sites for hydroxylation is 2. The van der Waals surface area contributed by atoms with E-state index in [1.165, 1.54) is 10.6 Å². The minimum atomic E-state index is -4.40. The number of alkyl halides is 3. The van der Waals surface area contributed by atoms with Crippen LogP contribution in [-0.2, 0) is 24.1 Å². The maximum Gasteiger partial charge on any atom is 0.416 e. The largest absolute Gasteiger partial charge is 0.416 e. The second kappa shape index (κ2) is 9.84. The second-order valence-electron chi connectivity index (χ2n) is 7.51. The molecule has 32 heavy (non-hydrogen) atoms. The van der Waals surface area contributed by atoms with E-state index in [0.29, 0.717) is 34.5 Å². The van der Waals surface area contributed by atoms with Gasteiger partial charge in [0.2, 0.25) is 5.91 Å². The van der Waals surface area contributed by atoms with Crippen LogP contribution >= 0.6 is 0 Å². The molecule has 3 rings (SSSR count). The molecule has 6 nitrogen and oxygen atoms in total. The Morgan fingerprint density at radius 2 is 1.94 bits per heavy atom. The average Bonchev–Trinajstić information content (AvgIpc) is 2.76. The lowest BCUT2D eigenvalue weighted by atomic mass is 10.1. The molecule has 0 saturated heterocycles. The molecule has 0 bridgehead atoms. The Labute approximate surface area is 183 Å². The number of nitrogens with zero attached hydrogens (tertiary/aromatic N) is 2. The van der Waals surface area contributed by atoms with Gasteiger partial charge in [-0.2, -0.15) is 13.2 Å². The van der Waals surface area contributed by atoms with Gasteiger partial charge in [-0.3, -0.25) is 9.59 Å². The van der Waals surface area contributed by atoms with E-state index in [1.807, 2.05) is 6.92 Å². The summed E-state index contributed by atoms with van der Waals surface area (Å²) >= 11 is 0. The molecule has 0 radical (unpaired) electrons. The number of hydrogen-bond acceptors (Lipinski definition) is 4. The Morgan fingerprint density at radius 3 is 2.66 bits per heavy atom. The summed E-state index contributed by atoms with van der Waals surface area (Å²) in [6, 6.07) is 10.3. The van der Waals surface area contributed by atoms with Crippen molar-refractivity contribution in [3.63, 3.8) is 0 Å². The Bertz CT molecular complexity index is 1170. The molecular formula is C23H25F3N4O2. The standard InChI is InChI=1S/C23H25F3N4O2/c1-3-10-27-21(31)9-11-30-20-13-18(7-8-19(20)29-15(2)22(30)32)28-14-16-5-4-6-17(12-16)23(24,25)26/h4-8,12-13,28H,3,9-11,14H2,1-2H3,(H,27,31). The predicted octanol–water partition coefficient (Wildman–Crippen LogP) is 4.25. The molecule has 0 unspecified atom stereocenters. The van der Waals surface area contributed by atoms with Crippen LogP contribution in [0.5, 0.6) is 0 Å². The monoisotopic (exact) mass is 446 g/mol. The van der Waals surface area contributed by atoms with Crippen molar-refractivity contribution >= 4 is 22.6 Å². The maximum absolute atomic E-state index is 12.9. The highest BCUT2D eigenvalue weighted by Crippen LogP contribution is 2.29. The first-order chi connectivity index (χ1) is 15.2. The van der Waals surface area contributed by atoms with Gasteiger partial charge in [0.05, 0.1) is 16.6 Å². The van der Waals surface area contributed by atoms with Gasteiger partial charge in [0.15, 0.2) is 0 Å². The fourth-order valence-electron chi connectivity index (χ4n) is 3.33. The number of carbonyl (C=O) groups excluding carboxylic acids is 1. The summed E-state index contributed by atoms with van der Waals surface area (Å²) < 4.78 is 40.3. The van der Waals surface area contributed by atoms with Gasteiger partial charge >= 0.3 is 6.18 Å². The lowest BCUT2D eigenvalue weighted by molar-refractivity contribution is -0.137. The molecule has 1 amide bonds. The average molecular weight is 446 g/mol. The number of nitrogens with one attached hydrogen (secondary N) is 2. The van der Waals surface area contributed by atoms with E-state index >= 15 is 0 Å². The van der Waals surface area contributed by atoms with Crippen molar-refractivity contribution < 1.29 is 18.0 Å². The highest BCUT2D eigenvalue weighted by atomic mass is 19.4. The van der Waals surface area contributed by atoms with E-state index in [4.69, 9.17) is 0 Å². The van der Waals surface area contributed by atoms with Crippen LogP contribution in [0.3, 0.4) is 0 Å². The molecule has 0 aliphatic rings. The molecule has 2 N–H and O–H groups in total. The zero-order valence-corrected chi connectivity index (χ0v) is 17.9. The summed E-state index contributed by atoms with van der Waals surface area (Å²) in [4.78, 5) is 29.0. The number of hydrogen-bond donors (Lipinski definition) is 2. The van der Waals surface area contributed by atoms with Crippen molar-refractivity contribution in [3.05, 3.63) is 69.6 Å². The molecule has 2 aromatic carbocycles. The topological polar surface area (TPSA) is 76.0 Å². The first-order valence-electron chi connectivity index (χ1n) is 10.4. The van der Waals surface area contributed by atoms with Crippen LogP contribution in [0.2, 0.25) is 0 Å². The van der Waals surface area contributed by atoms with Gasteiger partial charge in [-0.15, -0.1) is 0 Å². The molecule has 0 atom stereocenters. The fourth-order valence-corrected chi connectivity index (χ4v) is 3.33. The van der Waals surface area contributed by atoms with Crippen LogP contribution in [0.4, 0.5) is 18.9 Å². The number of aromatic nitrogens is 2. The summed E-state index contributed by atoms with van der Waals surface area (Å²) in [6.07, 6.45) is -3.42. The van der Waals surface area contributed by atoms with Crippen molar-refractivity contribution in [2.45, 2.75) is 46.0 Å². The third kappa shape index (κ3) is 5.66. The Hall–Kier alpha value is -3.36. The van der Waals surface area contributed by atoms with Crippen molar-refractivity contribution in [1.82, 2.24) is 14.9 Å². The summed E-state index contributed by atoms with van der Waals surface area (Å²) in [5.74, 6) is -0.139. The molecule has 9 heteroatoms. The van der Waals surface area contributed by atoms with Crippen molar-refractivity contribution in [3.8, 4) is 0 Å². The molecule has 1 heterocycles. The van der Waals surface area contributed by atoms with Gasteiger partial charge in [0.1, 0.15) is 5.69 Å². The molecule has 170 valence electrons. The highest BCUT2D eigenvalue weighted by Gasteiger charge is 2.30. The molecule has 3 aromatic rings. The van der Waals surface area contributed by atoms with Gasteiger partial charge in [0, 0.05) is 31.7 Å². The predicted molar refractivity (Wildman–Crippen MR) is 117 cm³/mol. The molecule has 0 fully saturated rings. The summed E-state index contributed by atoms with van der Waals surface area (Å²) in [5, 5.41) is 5.88. The molecule has 0 aliphatic carbocycles. The first kappa shape index (κ1) is 23.3. The SMILES string of the molecule is CCCNC(=O)CCn1c(=O)c(C)nc2ccc(NCc3cccc(C(F)(F)F)c3)cc21. The van der Waals surface area contributed by atoms with Gasteiger partial charge in [-0.05, 0) is 49.2 Å². The number of carbonyl (C=O) groups is 1. The van der Waals surface area contributed by atoms with Crippen LogP contribution in [0.25, 0.3) is 11.0 Å². The van der Waals surface area contributed by atoms with Crippen LogP contribution in [-0.4, -0.2) is 22.0 Å². The summed E-state index contributed by atoms with van der Waals surface area (Å²) in [6.45, 7) is 4.53. The zero-order valence-electron chi connectivity index (χ0n) is 17.9. The van der Waals surface area contributed by atoms with Crippen LogP contribution in [0, 0.1) is 6.92 Å². The van der Waals surface area contributed by atoms with Gasteiger partial charge in [0.25, 0.3) is 5.56 Å². The Morgan fingerprint density at radius 1 is 1.16 bits per heavy atom. The van der Waals surface area contributed by atoms with Crippen LogP contribution < -0.4 is 16.2 Å². The quantitative estimate of drug-likeness (QED) is 0.542. The fraction of sp³-hybridized carbons (Fsp3) is 0.348. The van der Waals surface area contributed by atoms with Gasteiger partial charge < -0.3 is 15.2 Å². The first-order valence-corrected chi connectivity index (χ1v) is 10.4. The number of rotatable bonds is 8. The van der Waals surface area contributed by atoms with E-state index in [9.17, 15) is 22.8 Å². The minimum Gasteiger partial charge on any atom is -0.381 e. The minimum absolute atomic E-state index is 0.139. The highest BCUT2D eigenvalue weighted by molar-refractivity contribution is 5.80. The van der Waals surface area contributed by atoms with E-state index in [2.05, 4.69) is 15.6 Å². The maximum atomic E-state index is 12.9. The van der Waals surface area contributed by atoms with E-state index in [1.54, 1.807) is 31.2 Å². The lowest BCUT2D eigenvalue weighted by Gasteiger charge is -2.14. The van der Waals surface area contributed by atoms with E-state index in [0.717, 1.165) is 18.6 Å². The summed E-state index contributed by atoms with van der Waals surface area (Å²) in [5.41, 5.74) is 1.60. The van der Waals surface area contributed by atoms with E-state index < -0.39 is 11.7 Å². The van der Waals surface area contributed by atoms with Gasteiger partial charge in [-0.1, -0.05) is 19.1 Å². The van der Waals surface area contributed by atoms with Crippen LogP contribution in [0.15, 0.2) is 47.3 Å². The number of amides is 1. The van der Waals surface area contributed by atoms with Crippen molar-refractivity contribution in [2.75, 3.05) is 11.9 Å².